The monoisotopic (exact) mass is 291 g/mol. The normalized spacial score (nSPS) is 14.5. The molecule has 2 N–H and O–H groups in total. The summed E-state index contributed by atoms with van der Waals surface area (Å²) in [4.78, 5) is 11.6. The number of ether oxygens (including phenoxy) is 1. The average Bonchev–Trinajstić information content (AvgIpc) is 2.35. The maximum atomic E-state index is 12.7. The summed E-state index contributed by atoms with van der Waals surface area (Å²) in [6.07, 6.45) is -6.39. The number of alkyl halides is 3. The average molecular weight is 291 g/mol. The minimum absolute atomic E-state index is 0.00739. The summed E-state index contributed by atoms with van der Waals surface area (Å²) in [5.74, 6) is -0.998. The fourth-order valence-electron chi connectivity index (χ4n) is 1.44. The lowest BCUT2D eigenvalue weighted by molar-refractivity contribution is -0.140. The molecule has 0 fully saturated rings. The van der Waals surface area contributed by atoms with Gasteiger partial charge in [-0.25, -0.2) is 0 Å². The fraction of sp³-hybridized carbons (Fsp3) is 0.462. The number of hydrogen-bond donors (Lipinski definition) is 2. The molecule has 1 rings (SSSR count). The Labute approximate surface area is 114 Å². The van der Waals surface area contributed by atoms with E-state index in [1.807, 2.05) is 0 Å². The first-order valence-electron chi connectivity index (χ1n) is 6.00. The highest BCUT2D eigenvalue weighted by Crippen LogP contribution is 2.36. The molecule has 1 amide bonds. The summed E-state index contributed by atoms with van der Waals surface area (Å²) < 4.78 is 43.3. The molecule has 0 spiro atoms. The first kappa shape index (κ1) is 16.3. The highest BCUT2D eigenvalue weighted by atomic mass is 19.4. The van der Waals surface area contributed by atoms with Crippen LogP contribution in [0.4, 0.5) is 13.2 Å². The summed E-state index contributed by atoms with van der Waals surface area (Å²) in [6, 6.07) is 4.68. The molecule has 0 aliphatic rings. The third-order valence-electron chi connectivity index (χ3n) is 2.44. The maximum Gasteiger partial charge on any atom is 0.419 e. The van der Waals surface area contributed by atoms with E-state index in [1.54, 1.807) is 0 Å². The van der Waals surface area contributed by atoms with Crippen molar-refractivity contribution in [1.29, 1.82) is 0 Å². The van der Waals surface area contributed by atoms with Crippen molar-refractivity contribution in [3.8, 4) is 5.75 Å². The summed E-state index contributed by atoms with van der Waals surface area (Å²) >= 11 is 0. The molecule has 20 heavy (non-hydrogen) atoms. The van der Waals surface area contributed by atoms with Crippen LogP contribution in [-0.2, 0) is 11.0 Å². The highest BCUT2D eigenvalue weighted by Gasteiger charge is 2.34. The zero-order valence-corrected chi connectivity index (χ0v) is 11.1. The van der Waals surface area contributed by atoms with Crippen molar-refractivity contribution < 1.29 is 27.8 Å². The lowest BCUT2D eigenvalue weighted by atomic mass is 10.2. The lowest BCUT2D eigenvalue weighted by Gasteiger charge is -2.18. The van der Waals surface area contributed by atoms with Gasteiger partial charge in [-0.15, -0.1) is 0 Å². The molecule has 0 saturated heterocycles. The van der Waals surface area contributed by atoms with Crippen molar-refractivity contribution in [2.75, 3.05) is 6.54 Å². The quantitative estimate of drug-likeness (QED) is 0.872. The van der Waals surface area contributed by atoms with Crippen LogP contribution < -0.4 is 10.1 Å². The van der Waals surface area contributed by atoms with Crippen LogP contribution in [0, 0.1) is 0 Å². The van der Waals surface area contributed by atoms with Gasteiger partial charge in [0.2, 0.25) is 0 Å². The molecule has 0 radical (unpaired) electrons. The molecular formula is C13H16F3NO3. The number of hydrogen-bond acceptors (Lipinski definition) is 3. The van der Waals surface area contributed by atoms with Crippen LogP contribution in [0.3, 0.4) is 0 Å². The van der Waals surface area contributed by atoms with E-state index in [-0.39, 0.29) is 6.54 Å². The Balaban J connectivity index is 2.76. The molecule has 0 saturated carbocycles. The van der Waals surface area contributed by atoms with Gasteiger partial charge < -0.3 is 15.2 Å². The van der Waals surface area contributed by atoms with Crippen molar-refractivity contribution in [1.82, 2.24) is 5.32 Å². The Bertz CT molecular complexity index is 460. The van der Waals surface area contributed by atoms with Crippen LogP contribution >= 0.6 is 0 Å². The minimum atomic E-state index is -4.55. The van der Waals surface area contributed by atoms with E-state index in [1.165, 1.54) is 26.0 Å². The van der Waals surface area contributed by atoms with E-state index in [4.69, 9.17) is 9.84 Å². The lowest BCUT2D eigenvalue weighted by Crippen LogP contribution is -2.39. The molecule has 112 valence electrons. The Hall–Kier alpha value is -1.76. The molecule has 1 aromatic carbocycles. The second-order valence-corrected chi connectivity index (χ2v) is 4.35. The Kier molecular flexibility index (Phi) is 5.38. The first-order chi connectivity index (χ1) is 9.21. The topological polar surface area (TPSA) is 58.6 Å². The van der Waals surface area contributed by atoms with Gasteiger partial charge in [-0.3, -0.25) is 4.79 Å². The van der Waals surface area contributed by atoms with Gasteiger partial charge in [0.15, 0.2) is 6.10 Å². The van der Waals surface area contributed by atoms with Crippen LogP contribution in [0.5, 0.6) is 5.75 Å². The number of benzene rings is 1. The van der Waals surface area contributed by atoms with Gasteiger partial charge in [-0.05, 0) is 26.0 Å². The van der Waals surface area contributed by atoms with Gasteiger partial charge >= 0.3 is 6.18 Å². The number of aliphatic hydroxyl groups is 1. The molecule has 7 heteroatoms. The number of rotatable bonds is 5. The molecule has 0 aromatic heterocycles. The number of halogens is 3. The van der Waals surface area contributed by atoms with E-state index < -0.39 is 35.6 Å². The maximum absolute atomic E-state index is 12.7. The molecule has 1 aromatic rings. The standard InChI is InChI=1S/C13H16F3NO3/c1-8(18)7-17-12(19)9(2)20-11-6-4-3-5-10(11)13(14,15)16/h3-6,8-9,18H,7H2,1-2H3,(H,17,19). The van der Waals surface area contributed by atoms with Crippen LogP contribution in [0.1, 0.15) is 19.4 Å². The van der Waals surface area contributed by atoms with Gasteiger partial charge in [-0.1, -0.05) is 12.1 Å². The van der Waals surface area contributed by atoms with E-state index in [9.17, 15) is 18.0 Å². The number of para-hydroxylation sites is 1. The molecule has 2 unspecified atom stereocenters. The van der Waals surface area contributed by atoms with Gasteiger partial charge in [-0.2, -0.15) is 13.2 Å². The van der Waals surface area contributed by atoms with Crippen LogP contribution in [0.25, 0.3) is 0 Å². The molecule has 4 nitrogen and oxygen atoms in total. The zero-order chi connectivity index (χ0) is 15.3. The number of carbonyl (C=O) groups is 1. The summed E-state index contributed by atoms with van der Waals surface area (Å²) in [5.41, 5.74) is -0.935. The zero-order valence-electron chi connectivity index (χ0n) is 11.1. The molecule has 2 atom stereocenters. The van der Waals surface area contributed by atoms with E-state index in [0.29, 0.717) is 0 Å². The van der Waals surface area contributed by atoms with Gasteiger partial charge in [0.05, 0.1) is 11.7 Å². The third-order valence-corrected chi connectivity index (χ3v) is 2.44. The van der Waals surface area contributed by atoms with E-state index in [0.717, 1.165) is 12.1 Å². The number of carbonyl (C=O) groups excluding carboxylic acids is 1. The molecular weight excluding hydrogens is 275 g/mol. The summed E-state index contributed by atoms with van der Waals surface area (Å²) in [5, 5.41) is 11.4. The Morgan fingerprint density at radius 2 is 1.95 bits per heavy atom. The third kappa shape index (κ3) is 4.73. The SMILES string of the molecule is CC(O)CNC(=O)C(C)Oc1ccccc1C(F)(F)F. The van der Waals surface area contributed by atoms with E-state index >= 15 is 0 Å². The van der Waals surface area contributed by atoms with E-state index in [2.05, 4.69) is 5.32 Å². The van der Waals surface area contributed by atoms with Crippen molar-refractivity contribution in [2.24, 2.45) is 0 Å². The smallest absolute Gasteiger partial charge is 0.419 e. The number of amides is 1. The predicted molar refractivity (Wildman–Crippen MR) is 66.2 cm³/mol. The number of aliphatic hydroxyl groups excluding tert-OH is 1. The van der Waals surface area contributed by atoms with Gasteiger partial charge in [0.1, 0.15) is 5.75 Å². The predicted octanol–water partition coefficient (Wildman–Crippen LogP) is 1.97. The molecule has 0 bridgehead atoms. The van der Waals surface area contributed by atoms with Crippen molar-refractivity contribution >= 4 is 5.91 Å². The molecule has 0 aliphatic heterocycles. The van der Waals surface area contributed by atoms with Crippen molar-refractivity contribution in [3.05, 3.63) is 29.8 Å². The fourth-order valence-corrected chi connectivity index (χ4v) is 1.44. The molecule has 0 heterocycles. The molecule has 0 aliphatic carbocycles. The first-order valence-corrected chi connectivity index (χ1v) is 6.00. The Morgan fingerprint density at radius 3 is 2.50 bits per heavy atom. The summed E-state index contributed by atoms with van der Waals surface area (Å²) in [7, 11) is 0. The highest BCUT2D eigenvalue weighted by molar-refractivity contribution is 5.80. The van der Waals surface area contributed by atoms with Gasteiger partial charge in [0, 0.05) is 6.54 Å². The largest absolute Gasteiger partial charge is 0.480 e. The van der Waals surface area contributed by atoms with Crippen LogP contribution in [-0.4, -0.2) is 29.8 Å². The summed E-state index contributed by atoms with van der Waals surface area (Å²) in [6.45, 7) is 2.82. The second-order valence-electron chi connectivity index (χ2n) is 4.35. The van der Waals surface area contributed by atoms with Crippen LogP contribution in [0.2, 0.25) is 0 Å². The second kappa shape index (κ2) is 6.60. The Morgan fingerprint density at radius 1 is 1.35 bits per heavy atom. The van der Waals surface area contributed by atoms with Crippen LogP contribution in [0.15, 0.2) is 24.3 Å². The minimum Gasteiger partial charge on any atom is -0.480 e. The van der Waals surface area contributed by atoms with Crippen molar-refractivity contribution in [2.45, 2.75) is 32.2 Å². The van der Waals surface area contributed by atoms with Gasteiger partial charge in [0.25, 0.3) is 5.91 Å². The number of nitrogens with one attached hydrogen (secondary N) is 1. The van der Waals surface area contributed by atoms with Crippen molar-refractivity contribution in [3.63, 3.8) is 0 Å².